The number of unbranched alkanes of at least 4 members (excludes halogenated alkanes) is 1. The first-order chi connectivity index (χ1) is 8.29. The van der Waals surface area contributed by atoms with Crippen LogP contribution in [-0.4, -0.2) is 16.5 Å². The van der Waals surface area contributed by atoms with Crippen LogP contribution in [0.2, 0.25) is 5.15 Å². The molecule has 3 nitrogen and oxygen atoms in total. The third kappa shape index (κ3) is 3.71. The van der Waals surface area contributed by atoms with Gasteiger partial charge in [-0.05, 0) is 31.7 Å². The summed E-state index contributed by atoms with van der Waals surface area (Å²) >= 11 is 6.10. The summed E-state index contributed by atoms with van der Waals surface area (Å²) in [6.07, 6.45) is 7.51. The second-order valence-corrected chi connectivity index (χ2v) is 5.34. The summed E-state index contributed by atoms with van der Waals surface area (Å²) in [5.74, 6) is 1.91. The fourth-order valence-corrected chi connectivity index (χ4v) is 2.33. The fraction of sp³-hybridized carbons (Fsp3) is 0.769. The van der Waals surface area contributed by atoms with E-state index in [0.29, 0.717) is 5.15 Å². The van der Waals surface area contributed by atoms with Gasteiger partial charge in [-0.3, -0.25) is 0 Å². The topological polar surface area (TPSA) is 40.7 Å². The molecule has 1 aliphatic rings. The molecule has 1 fully saturated rings. The molecule has 1 aliphatic carbocycles. The van der Waals surface area contributed by atoms with Gasteiger partial charge in [0.25, 0.3) is 0 Å². The van der Waals surface area contributed by atoms with E-state index < -0.39 is 0 Å². The molecule has 0 aromatic carbocycles. The maximum absolute atomic E-state index is 6.10. The molecule has 0 saturated heterocycles. The van der Waals surface area contributed by atoms with Gasteiger partial charge in [0.1, 0.15) is 5.82 Å². The van der Waals surface area contributed by atoms with Crippen LogP contribution in [-0.2, 0) is 13.0 Å². The molecule has 0 atom stereocenters. The van der Waals surface area contributed by atoms with Crippen molar-refractivity contribution in [1.29, 1.82) is 0 Å². The first-order valence-electron chi connectivity index (χ1n) is 6.73. The van der Waals surface area contributed by atoms with Crippen LogP contribution in [0.4, 0.5) is 0 Å². The lowest BCUT2D eigenvalue weighted by Gasteiger charge is -2.25. The van der Waals surface area contributed by atoms with Gasteiger partial charge in [0.05, 0.1) is 5.69 Å². The van der Waals surface area contributed by atoms with Gasteiger partial charge in [-0.25, -0.2) is 4.98 Å². The lowest BCUT2D eigenvalue weighted by molar-refractivity contribution is 0.301. The number of hydrogen-bond acceptors (Lipinski definition) is 2. The molecule has 2 N–H and O–H groups in total. The molecule has 0 unspecified atom stereocenters. The van der Waals surface area contributed by atoms with Crippen molar-refractivity contribution in [3.63, 3.8) is 0 Å². The number of nitrogens with one attached hydrogen (secondary N) is 2. The SMILES string of the molecule is CCCCc1nc(Cl)c(CNCC2CCC2)[nH]1. The third-order valence-corrected chi connectivity index (χ3v) is 3.82. The predicted octanol–water partition coefficient (Wildman–Crippen LogP) is 3.30. The van der Waals surface area contributed by atoms with Crippen LogP contribution in [0.5, 0.6) is 0 Å². The maximum atomic E-state index is 6.10. The minimum atomic E-state index is 0.636. The largest absolute Gasteiger partial charge is 0.344 e. The molecule has 1 aromatic rings. The first kappa shape index (κ1) is 12.9. The minimum Gasteiger partial charge on any atom is -0.344 e. The van der Waals surface area contributed by atoms with Crippen LogP contribution in [0.1, 0.15) is 50.5 Å². The first-order valence-corrected chi connectivity index (χ1v) is 7.11. The molecular formula is C13H22ClN3. The molecule has 2 rings (SSSR count). The Balaban J connectivity index is 1.76. The minimum absolute atomic E-state index is 0.636. The fourth-order valence-electron chi connectivity index (χ4n) is 2.12. The summed E-state index contributed by atoms with van der Waals surface area (Å²) in [6.45, 7) is 4.11. The molecule has 96 valence electrons. The Morgan fingerprint density at radius 1 is 1.47 bits per heavy atom. The number of imidazole rings is 1. The Morgan fingerprint density at radius 2 is 2.29 bits per heavy atom. The van der Waals surface area contributed by atoms with Crippen molar-refractivity contribution in [3.05, 3.63) is 16.7 Å². The van der Waals surface area contributed by atoms with E-state index in [4.69, 9.17) is 11.6 Å². The zero-order valence-electron chi connectivity index (χ0n) is 10.6. The molecule has 0 bridgehead atoms. The summed E-state index contributed by atoms with van der Waals surface area (Å²) in [7, 11) is 0. The Kier molecular flexibility index (Phi) is 4.86. The van der Waals surface area contributed by atoms with Crippen molar-refractivity contribution in [2.24, 2.45) is 5.92 Å². The quantitative estimate of drug-likeness (QED) is 0.785. The number of aryl methyl sites for hydroxylation is 1. The average Bonchev–Trinajstić information content (AvgIpc) is 2.60. The highest BCUT2D eigenvalue weighted by Crippen LogP contribution is 2.25. The normalized spacial score (nSPS) is 16.1. The van der Waals surface area contributed by atoms with Crippen molar-refractivity contribution in [2.45, 2.75) is 52.0 Å². The van der Waals surface area contributed by atoms with Gasteiger partial charge in [-0.2, -0.15) is 0 Å². The Hall–Kier alpha value is -0.540. The number of aromatic nitrogens is 2. The molecule has 1 aromatic heterocycles. The average molecular weight is 256 g/mol. The number of hydrogen-bond donors (Lipinski definition) is 2. The zero-order valence-corrected chi connectivity index (χ0v) is 11.3. The lowest BCUT2D eigenvalue weighted by Crippen LogP contribution is -2.27. The van der Waals surface area contributed by atoms with Crippen molar-refractivity contribution >= 4 is 11.6 Å². The van der Waals surface area contributed by atoms with Gasteiger partial charge >= 0.3 is 0 Å². The predicted molar refractivity (Wildman–Crippen MR) is 71.3 cm³/mol. The number of nitrogens with zero attached hydrogens (tertiary/aromatic N) is 1. The molecule has 0 aliphatic heterocycles. The summed E-state index contributed by atoms with van der Waals surface area (Å²) in [5.41, 5.74) is 1.04. The number of halogens is 1. The summed E-state index contributed by atoms with van der Waals surface area (Å²) < 4.78 is 0. The summed E-state index contributed by atoms with van der Waals surface area (Å²) in [5, 5.41) is 4.09. The van der Waals surface area contributed by atoms with Gasteiger partial charge in [-0.1, -0.05) is 31.4 Å². The second kappa shape index (κ2) is 6.41. The monoisotopic (exact) mass is 255 g/mol. The van der Waals surface area contributed by atoms with Crippen molar-refractivity contribution in [3.8, 4) is 0 Å². The van der Waals surface area contributed by atoms with Crippen molar-refractivity contribution < 1.29 is 0 Å². The Morgan fingerprint density at radius 3 is 2.94 bits per heavy atom. The van der Waals surface area contributed by atoms with E-state index in [-0.39, 0.29) is 0 Å². The zero-order chi connectivity index (χ0) is 12.1. The highest BCUT2D eigenvalue weighted by Gasteiger charge is 2.16. The third-order valence-electron chi connectivity index (χ3n) is 3.50. The number of aromatic amines is 1. The lowest BCUT2D eigenvalue weighted by atomic mass is 9.85. The van der Waals surface area contributed by atoms with E-state index >= 15 is 0 Å². The molecule has 1 heterocycles. The molecule has 0 amide bonds. The van der Waals surface area contributed by atoms with Crippen LogP contribution in [0.25, 0.3) is 0 Å². The number of rotatable bonds is 7. The molecule has 17 heavy (non-hydrogen) atoms. The van der Waals surface area contributed by atoms with Gasteiger partial charge in [-0.15, -0.1) is 0 Å². The van der Waals surface area contributed by atoms with E-state index in [2.05, 4.69) is 22.2 Å². The summed E-state index contributed by atoms with van der Waals surface area (Å²) in [4.78, 5) is 7.67. The van der Waals surface area contributed by atoms with Crippen LogP contribution >= 0.6 is 11.6 Å². The Bertz CT molecular complexity index is 344. The standard InChI is InChI=1S/C13H22ClN3/c1-2-3-7-12-16-11(13(14)17-12)9-15-8-10-5-4-6-10/h10,15H,2-9H2,1H3,(H,16,17). The molecule has 1 saturated carbocycles. The molecular weight excluding hydrogens is 234 g/mol. The van der Waals surface area contributed by atoms with E-state index in [1.54, 1.807) is 0 Å². The smallest absolute Gasteiger partial charge is 0.151 e. The summed E-state index contributed by atoms with van der Waals surface area (Å²) in [6, 6.07) is 0. The van der Waals surface area contributed by atoms with E-state index in [1.165, 1.54) is 32.1 Å². The highest BCUT2D eigenvalue weighted by molar-refractivity contribution is 6.30. The van der Waals surface area contributed by atoms with Crippen molar-refractivity contribution in [2.75, 3.05) is 6.54 Å². The second-order valence-electron chi connectivity index (χ2n) is 4.98. The van der Waals surface area contributed by atoms with Crippen LogP contribution in [0, 0.1) is 5.92 Å². The van der Waals surface area contributed by atoms with Gasteiger partial charge < -0.3 is 10.3 Å². The van der Waals surface area contributed by atoms with E-state index in [1.807, 2.05) is 0 Å². The van der Waals surface area contributed by atoms with Crippen molar-refractivity contribution in [1.82, 2.24) is 15.3 Å². The maximum Gasteiger partial charge on any atom is 0.151 e. The molecule has 0 radical (unpaired) electrons. The van der Waals surface area contributed by atoms with Crippen LogP contribution in [0.3, 0.4) is 0 Å². The number of H-pyrrole nitrogens is 1. The highest BCUT2D eigenvalue weighted by atomic mass is 35.5. The van der Waals surface area contributed by atoms with Gasteiger partial charge in [0, 0.05) is 13.0 Å². The molecule has 4 heteroatoms. The van der Waals surface area contributed by atoms with Gasteiger partial charge in [0.15, 0.2) is 5.15 Å². The van der Waals surface area contributed by atoms with Gasteiger partial charge in [0.2, 0.25) is 0 Å². The molecule has 0 spiro atoms. The van der Waals surface area contributed by atoms with E-state index in [0.717, 1.165) is 36.9 Å². The van der Waals surface area contributed by atoms with E-state index in [9.17, 15) is 0 Å². The van der Waals surface area contributed by atoms with Crippen LogP contribution < -0.4 is 5.32 Å². The van der Waals surface area contributed by atoms with Crippen LogP contribution in [0.15, 0.2) is 0 Å². The Labute approximate surface area is 108 Å².